The van der Waals surface area contributed by atoms with Crippen LogP contribution < -0.4 is 19.1 Å². The van der Waals surface area contributed by atoms with E-state index in [0.29, 0.717) is 30.2 Å². The molecule has 3 rings (SSSR count). The Morgan fingerprint density at radius 2 is 1.67 bits per heavy atom. The van der Waals surface area contributed by atoms with Crippen LogP contribution >= 0.6 is 11.6 Å². The van der Waals surface area contributed by atoms with Crippen LogP contribution in [0.5, 0.6) is 11.5 Å². The van der Waals surface area contributed by atoms with Crippen molar-refractivity contribution in [2.45, 2.75) is 38.8 Å². The van der Waals surface area contributed by atoms with Crippen molar-refractivity contribution >= 4 is 39.1 Å². The molecule has 0 aliphatic heterocycles. The van der Waals surface area contributed by atoms with Gasteiger partial charge >= 0.3 is 0 Å². The fraction of sp³-hybridized carbons (Fsp3) is 0.355. The first kappa shape index (κ1) is 32.8. The molecular weight excluding hydrogens is 578 g/mol. The molecule has 3 aromatic carbocycles. The molecule has 0 heterocycles. The third kappa shape index (κ3) is 9.12. The number of benzene rings is 3. The number of rotatable bonds is 15. The molecule has 42 heavy (non-hydrogen) atoms. The molecule has 226 valence electrons. The number of carbonyl (C=O) groups excluding carboxylic acids is 2. The highest BCUT2D eigenvalue weighted by Gasteiger charge is 2.30. The first-order chi connectivity index (χ1) is 20.1. The second-order valence-corrected chi connectivity index (χ2v) is 12.0. The summed E-state index contributed by atoms with van der Waals surface area (Å²) in [6.07, 6.45) is 1.66. The molecule has 11 heteroatoms. The SMILES string of the molecule is CCNC(=O)[C@H](Cc1ccccc1)N(Cc1cccc(OC)c1)C(=O)CCCN(c1ccc(OC)c(Cl)c1)S(C)(=O)=O. The molecule has 0 radical (unpaired) electrons. The van der Waals surface area contributed by atoms with E-state index >= 15 is 0 Å². The molecule has 0 spiro atoms. The fourth-order valence-corrected chi connectivity index (χ4v) is 5.84. The van der Waals surface area contributed by atoms with Crippen LogP contribution in [-0.2, 0) is 32.6 Å². The first-order valence-corrected chi connectivity index (χ1v) is 15.8. The van der Waals surface area contributed by atoms with Gasteiger partial charge in [0.05, 0.1) is 31.2 Å². The van der Waals surface area contributed by atoms with Crippen molar-refractivity contribution in [1.29, 1.82) is 0 Å². The number of likely N-dealkylation sites (N-methyl/N-ethyl adjacent to an activating group) is 1. The van der Waals surface area contributed by atoms with Crippen molar-refractivity contribution in [3.63, 3.8) is 0 Å². The number of ether oxygens (including phenoxy) is 2. The van der Waals surface area contributed by atoms with E-state index < -0.39 is 16.1 Å². The van der Waals surface area contributed by atoms with Gasteiger partial charge in [0.25, 0.3) is 0 Å². The minimum absolute atomic E-state index is 0.0184. The minimum atomic E-state index is -3.68. The monoisotopic (exact) mass is 615 g/mol. The van der Waals surface area contributed by atoms with Crippen LogP contribution in [0.4, 0.5) is 5.69 Å². The Bertz CT molecular complexity index is 1450. The lowest BCUT2D eigenvalue weighted by molar-refractivity contribution is -0.141. The molecule has 0 saturated carbocycles. The van der Waals surface area contributed by atoms with E-state index in [0.717, 1.165) is 17.4 Å². The standard InChI is InChI=1S/C31H38ClN3O6S/c1-5-33-31(37)28(20-23-11-7-6-8-12-23)34(22-24-13-9-14-26(19-24)40-2)30(36)15-10-18-35(42(4,38)39)25-16-17-29(41-3)27(32)21-25/h6-9,11-14,16-17,19,21,28H,5,10,15,18,20,22H2,1-4H3,(H,33,37)/t28-/m0/s1. The molecule has 0 aliphatic rings. The topological polar surface area (TPSA) is 105 Å². The van der Waals surface area contributed by atoms with Crippen LogP contribution in [0.15, 0.2) is 72.8 Å². The van der Waals surface area contributed by atoms with Crippen molar-refractivity contribution in [3.8, 4) is 11.5 Å². The Balaban J connectivity index is 1.88. The zero-order valence-electron chi connectivity index (χ0n) is 24.4. The third-order valence-electron chi connectivity index (χ3n) is 6.68. The fourth-order valence-electron chi connectivity index (χ4n) is 4.63. The highest BCUT2D eigenvalue weighted by Crippen LogP contribution is 2.30. The largest absolute Gasteiger partial charge is 0.497 e. The van der Waals surface area contributed by atoms with Gasteiger partial charge in [0.2, 0.25) is 21.8 Å². The van der Waals surface area contributed by atoms with Gasteiger partial charge in [-0.3, -0.25) is 13.9 Å². The number of hydrogen-bond acceptors (Lipinski definition) is 6. The van der Waals surface area contributed by atoms with Gasteiger partial charge in [-0.15, -0.1) is 0 Å². The molecule has 2 amide bonds. The van der Waals surface area contributed by atoms with Gasteiger partial charge in [0.15, 0.2) is 0 Å². The number of hydrogen-bond donors (Lipinski definition) is 1. The summed E-state index contributed by atoms with van der Waals surface area (Å²) >= 11 is 6.25. The number of amides is 2. The number of nitrogens with zero attached hydrogens (tertiary/aromatic N) is 2. The van der Waals surface area contributed by atoms with E-state index in [1.54, 1.807) is 24.1 Å². The molecule has 0 aliphatic carbocycles. The number of nitrogens with one attached hydrogen (secondary N) is 1. The van der Waals surface area contributed by atoms with E-state index in [2.05, 4.69) is 5.32 Å². The van der Waals surface area contributed by atoms with Crippen LogP contribution in [0.25, 0.3) is 0 Å². The molecule has 1 atom stereocenters. The lowest BCUT2D eigenvalue weighted by Gasteiger charge is -2.32. The normalized spacial score (nSPS) is 11.8. The summed E-state index contributed by atoms with van der Waals surface area (Å²) in [7, 11) is -0.632. The first-order valence-electron chi connectivity index (χ1n) is 13.6. The summed E-state index contributed by atoms with van der Waals surface area (Å²) in [4.78, 5) is 28.8. The summed E-state index contributed by atoms with van der Waals surface area (Å²) < 4.78 is 37.1. The predicted octanol–water partition coefficient (Wildman–Crippen LogP) is 4.68. The number of sulfonamides is 1. The molecule has 0 unspecified atom stereocenters. The van der Waals surface area contributed by atoms with Crippen molar-refractivity contribution in [1.82, 2.24) is 10.2 Å². The van der Waals surface area contributed by atoms with Crippen LogP contribution in [-0.4, -0.2) is 64.7 Å². The minimum Gasteiger partial charge on any atom is -0.497 e. The Labute approximate surface area is 253 Å². The molecule has 1 N–H and O–H groups in total. The maximum Gasteiger partial charge on any atom is 0.243 e. The summed E-state index contributed by atoms with van der Waals surface area (Å²) in [6.45, 7) is 2.47. The Hall–Kier alpha value is -3.76. The molecule has 0 aromatic heterocycles. The molecule has 0 bridgehead atoms. The molecule has 0 fully saturated rings. The number of carbonyl (C=O) groups is 2. The Morgan fingerprint density at radius 3 is 2.29 bits per heavy atom. The highest BCUT2D eigenvalue weighted by atomic mass is 35.5. The van der Waals surface area contributed by atoms with Crippen LogP contribution in [0, 0.1) is 0 Å². The smallest absolute Gasteiger partial charge is 0.243 e. The molecule has 9 nitrogen and oxygen atoms in total. The summed E-state index contributed by atoms with van der Waals surface area (Å²) in [5.74, 6) is 0.529. The maximum absolute atomic E-state index is 13.9. The van der Waals surface area contributed by atoms with Crippen LogP contribution in [0.1, 0.15) is 30.9 Å². The molecule has 0 saturated heterocycles. The quantitative estimate of drug-likeness (QED) is 0.266. The third-order valence-corrected chi connectivity index (χ3v) is 8.17. The van der Waals surface area contributed by atoms with Crippen molar-refractivity contribution in [2.75, 3.05) is 37.9 Å². The van der Waals surface area contributed by atoms with Gasteiger partial charge in [-0.25, -0.2) is 8.42 Å². The number of methoxy groups -OCH3 is 2. The van der Waals surface area contributed by atoms with Crippen molar-refractivity contribution in [3.05, 3.63) is 88.9 Å². The van der Waals surface area contributed by atoms with Gasteiger partial charge in [0, 0.05) is 32.5 Å². The second kappa shape index (κ2) is 15.5. The van der Waals surface area contributed by atoms with Gasteiger partial charge in [-0.1, -0.05) is 54.1 Å². The van der Waals surface area contributed by atoms with E-state index in [9.17, 15) is 18.0 Å². The Morgan fingerprint density at radius 1 is 0.952 bits per heavy atom. The summed E-state index contributed by atoms with van der Waals surface area (Å²) in [5.41, 5.74) is 2.08. The van der Waals surface area contributed by atoms with E-state index in [-0.39, 0.29) is 42.8 Å². The van der Waals surface area contributed by atoms with Crippen LogP contribution in [0.3, 0.4) is 0 Å². The lowest BCUT2D eigenvalue weighted by Crippen LogP contribution is -2.50. The average molecular weight is 616 g/mol. The van der Waals surface area contributed by atoms with Gasteiger partial charge in [0.1, 0.15) is 17.5 Å². The summed E-state index contributed by atoms with van der Waals surface area (Å²) in [6, 6.07) is 20.8. The highest BCUT2D eigenvalue weighted by molar-refractivity contribution is 7.92. The molecular formula is C31H38ClN3O6S. The van der Waals surface area contributed by atoms with E-state index in [1.807, 2.05) is 61.5 Å². The van der Waals surface area contributed by atoms with Crippen molar-refractivity contribution in [2.24, 2.45) is 0 Å². The lowest BCUT2D eigenvalue weighted by atomic mass is 10.0. The van der Waals surface area contributed by atoms with E-state index in [1.165, 1.54) is 17.5 Å². The zero-order chi connectivity index (χ0) is 30.7. The zero-order valence-corrected chi connectivity index (χ0v) is 26.0. The van der Waals surface area contributed by atoms with Gasteiger partial charge < -0.3 is 19.7 Å². The van der Waals surface area contributed by atoms with Gasteiger partial charge in [-0.2, -0.15) is 0 Å². The number of halogens is 1. The van der Waals surface area contributed by atoms with Crippen LogP contribution in [0.2, 0.25) is 5.02 Å². The van der Waals surface area contributed by atoms with E-state index in [4.69, 9.17) is 21.1 Å². The van der Waals surface area contributed by atoms with Crippen molar-refractivity contribution < 1.29 is 27.5 Å². The number of anilines is 1. The maximum atomic E-state index is 13.9. The predicted molar refractivity (Wildman–Crippen MR) is 166 cm³/mol. The second-order valence-electron chi connectivity index (χ2n) is 9.73. The Kier molecular flexibility index (Phi) is 12.1. The van der Waals surface area contributed by atoms with Gasteiger partial charge in [-0.05, 0) is 54.8 Å². The molecule has 3 aromatic rings. The summed E-state index contributed by atoms with van der Waals surface area (Å²) in [5, 5.41) is 3.15. The average Bonchev–Trinajstić information content (AvgIpc) is 2.97.